The number of hydrogen-bond donors (Lipinski definition) is 1. The van der Waals surface area contributed by atoms with Crippen LogP contribution in [0.15, 0.2) is 12.3 Å². The molecule has 1 fully saturated rings. The number of hydrogen-bond acceptors (Lipinski definition) is 5. The first kappa shape index (κ1) is 14.0. The van der Waals surface area contributed by atoms with E-state index < -0.39 is 4.92 Å². The van der Waals surface area contributed by atoms with Crippen LogP contribution in [0.5, 0.6) is 0 Å². The van der Waals surface area contributed by atoms with Gasteiger partial charge in [0, 0.05) is 37.4 Å². The summed E-state index contributed by atoms with van der Waals surface area (Å²) < 4.78 is 0. The fourth-order valence-electron chi connectivity index (χ4n) is 2.25. The van der Waals surface area contributed by atoms with E-state index in [1.54, 1.807) is 0 Å². The predicted octanol–water partition coefficient (Wildman–Crippen LogP) is 2.54. The Morgan fingerprint density at radius 2 is 2.37 bits per heavy atom. The van der Waals surface area contributed by atoms with Crippen molar-refractivity contribution in [3.05, 3.63) is 27.4 Å². The highest BCUT2D eigenvalue weighted by Gasteiger charge is 2.26. The van der Waals surface area contributed by atoms with E-state index in [9.17, 15) is 10.1 Å². The quantitative estimate of drug-likeness (QED) is 0.679. The molecule has 2 heterocycles. The first-order valence-corrected chi connectivity index (χ1v) is 6.65. The van der Waals surface area contributed by atoms with Crippen LogP contribution in [0.1, 0.15) is 20.3 Å². The van der Waals surface area contributed by atoms with Gasteiger partial charge in [0.25, 0.3) is 0 Å². The summed E-state index contributed by atoms with van der Waals surface area (Å²) in [6, 6.07) is 2.00. The number of likely N-dealkylation sites (tertiary alicyclic amines) is 1. The van der Waals surface area contributed by atoms with Gasteiger partial charge in [-0.1, -0.05) is 11.6 Å². The van der Waals surface area contributed by atoms with Crippen molar-refractivity contribution >= 4 is 23.1 Å². The Balaban J connectivity index is 2.10. The molecule has 19 heavy (non-hydrogen) atoms. The molecule has 0 aliphatic carbocycles. The van der Waals surface area contributed by atoms with Crippen molar-refractivity contribution in [2.75, 3.05) is 18.4 Å². The largest absolute Gasteiger partial charge is 0.360 e. The van der Waals surface area contributed by atoms with E-state index >= 15 is 0 Å². The van der Waals surface area contributed by atoms with Crippen molar-refractivity contribution in [1.29, 1.82) is 0 Å². The lowest BCUT2D eigenvalue weighted by molar-refractivity contribution is -0.384. The molecule has 1 aliphatic heterocycles. The summed E-state index contributed by atoms with van der Waals surface area (Å²) in [7, 11) is 0. The predicted molar refractivity (Wildman–Crippen MR) is 74.6 cm³/mol. The Labute approximate surface area is 116 Å². The molecule has 1 aromatic heterocycles. The minimum absolute atomic E-state index is 0.0736. The van der Waals surface area contributed by atoms with Gasteiger partial charge in [0.2, 0.25) is 5.82 Å². The van der Waals surface area contributed by atoms with Crippen LogP contribution < -0.4 is 5.32 Å². The van der Waals surface area contributed by atoms with E-state index in [2.05, 4.69) is 29.0 Å². The average molecular weight is 285 g/mol. The van der Waals surface area contributed by atoms with Crippen LogP contribution >= 0.6 is 11.6 Å². The summed E-state index contributed by atoms with van der Waals surface area (Å²) in [6.07, 6.45) is 2.38. The SMILES string of the molecule is CC(C)N1CCC(Nc2ncc(Cl)cc2[N+](=O)[O-])C1. The van der Waals surface area contributed by atoms with Crippen LogP contribution in [0, 0.1) is 10.1 Å². The fourth-order valence-corrected chi connectivity index (χ4v) is 2.40. The molecule has 1 atom stereocenters. The number of rotatable bonds is 4. The molecule has 0 spiro atoms. The zero-order valence-corrected chi connectivity index (χ0v) is 11.7. The number of pyridine rings is 1. The third kappa shape index (κ3) is 3.33. The van der Waals surface area contributed by atoms with E-state index in [4.69, 9.17) is 11.6 Å². The minimum atomic E-state index is -0.462. The van der Waals surface area contributed by atoms with Gasteiger partial charge in [-0.3, -0.25) is 15.0 Å². The second kappa shape index (κ2) is 5.71. The topological polar surface area (TPSA) is 71.3 Å². The number of nitro groups is 1. The molecule has 0 bridgehead atoms. The van der Waals surface area contributed by atoms with Gasteiger partial charge in [-0.05, 0) is 20.3 Å². The van der Waals surface area contributed by atoms with Crippen LogP contribution in [-0.2, 0) is 0 Å². The van der Waals surface area contributed by atoms with E-state index in [1.807, 2.05) is 0 Å². The van der Waals surface area contributed by atoms with Crippen LogP contribution in [0.2, 0.25) is 5.02 Å². The fraction of sp³-hybridized carbons (Fsp3) is 0.583. The Kier molecular flexibility index (Phi) is 4.21. The van der Waals surface area contributed by atoms with Crippen molar-refractivity contribution in [2.45, 2.75) is 32.4 Å². The molecule has 0 saturated carbocycles. The van der Waals surface area contributed by atoms with Gasteiger partial charge in [0.1, 0.15) is 0 Å². The summed E-state index contributed by atoms with van der Waals surface area (Å²) in [6.45, 7) is 6.16. The molecule has 1 N–H and O–H groups in total. The van der Waals surface area contributed by atoms with Gasteiger partial charge < -0.3 is 5.32 Å². The average Bonchev–Trinajstić information content (AvgIpc) is 2.80. The lowest BCUT2D eigenvalue weighted by Crippen LogP contribution is -2.31. The summed E-state index contributed by atoms with van der Waals surface area (Å²) in [5.41, 5.74) is -0.0736. The third-order valence-electron chi connectivity index (χ3n) is 3.32. The van der Waals surface area contributed by atoms with Gasteiger partial charge in [-0.2, -0.15) is 0 Å². The molecule has 0 amide bonds. The number of nitrogens with one attached hydrogen (secondary N) is 1. The number of aromatic nitrogens is 1. The standard InChI is InChI=1S/C12H17ClN4O2/c1-8(2)16-4-3-10(7-16)15-12-11(17(18)19)5-9(13)6-14-12/h5-6,8,10H,3-4,7H2,1-2H3,(H,14,15). The Hall–Kier alpha value is -1.40. The maximum atomic E-state index is 11.0. The first-order chi connectivity index (χ1) is 8.97. The molecule has 6 nitrogen and oxygen atoms in total. The molecule has 1 aromatic rings. The van der Waals surface area contributed by atoms with Crippen molar-refractivity contribution in [1.82, 2.24) is 9.88 Å². The van der Waals surface area contributed by atoms with Crippen molar-refractivity contribution < 1.29 is 4.92 Å². The van der Waals surface area contributed by atoms with Crippen molar-refractivity contribution in [3.63, 3.8) is 0 Å². The van der Waals surface area contributed by atoms with Gasteiger partial charge in [-0.15, -0.1) is 0 Å². The van der Waals surface area contributed by atoms with Crippen molar-refractivity contribution in [3.8, 4) is 0 Å². The Morgan fingerprint density at radius 3 is 2.95 bits per heavy atom. The molecule has 1 unspecified atom stereocenters. The number of halogens is 1. The van der Waals surface area contributed by atoms with E-state index in [0.717, 1.165) is 19.5 Å². The maximum Gasteiger partial charge on any atom is 0.312 e. The molecule has 1 saturated heterocycles. The Bertz CT molecular complexity index is 481. The van der Waals surface area contributed by atoms with Gasteiger partial charge in [0.05, 0.1) is 9.95 Å². The van der Waals surface area contributed by atoms with E-state index in [1.165, 1.54) is 12.3 Å². The molecule has 0 aromatic carbocycles. The second-order valence-electron chi connectivity index (χ2n) is 5.00. The lowest BCUT2D eigenvalue weighted by Gasteiger charge is -2.20. The molecule has 104 valence electrons. The molecule has 7 heteroatoms. The minimum Gasteiger partial charge on any atom is -0.360 e. The normalized spacial score (nSPS) is 19.9. The second-order valence-corrected chi connectivity index (χ2v) is 5.43. The number of anilines is 1. The zero-order chi connectivity index (χ0) is 14.0. The summed E-state index contributed by atoms with van der Waals surface area (Å²) >= 11 is 5.74. The van der Waals surface area contributed by atoms with Gasteiger partial charge in [0.15, 0.2) is 0 Å². The summed E-state index contributed by atoms with van der Waals surface area (Å²) in [5.74, 6) is 0.296. The molecule has 2 rings (SSSR count). The molecule has 0 radical (unpaired) electrons. The number of nitrogens with zero attached hydrogens (tertiary/aromatic N) is 3. The van der Waals surface area contributed by atoms with Gasteiger partial charge in [-0.25, -0.2) is 4.98 Å². The molecule has 1 aliphatic rings. The van der Waals surface area contributed by atoms with Gasteiger partial charge >= 0.3 is 5.69 Å². The molecular weight excluding hydrogens is 268 g/mol. The summed E-state index contributed by atoms with van der Waals surface area (Å²) in [5, 5.41) is 14.4. The first-order valence-electron chi connectivity index (χ1n) is 6.28. The summed E-state index contributed by atoms with van der Waals surface area (Å²) in [4.78, 5) is 16.9. The van der Waals surface area contributed by atoms with Crippen LogP contribution in [-0.4, -0.2) is 40.0 Å². The van der Waals surface area contributed by atoms with Crippen LogP contribution in [0.4, 0.5) is 11.5 Å². The highest BCUT2D eigenvalue weighted by atomic mass is 35.5. The highest BCUT2D eigenvalue weighted by Crippen LogP contribution is 2.27. The van der Waals surface area contributed by atoms with E-state index in [-0.39, 0.29) is 16.8 Å². The Morgan fingerprint density at radius 1 is 1.63 bits per heavy atom. The maximum absolute atomic E-state index is 11.0. The molecular formula is C12H17ClN4O2. The highest BCUT2D eigenvalue weighted by molar-refractivity contribution is 6.30. The van der Waals surface area contributed by atoms with Crippen molar-refractivity contribution in [2.24, 2.45) is 0 Å². The van der Waals surface area contributed by atoms with E-state index in [0.29, 0.717) is 11.9 Å². The lowest BCUT2D eigenvalue weighted by atomic mass is 10.2. The smallest absolute Gasteiger partial charge is 0.312 e. The zero-order valence-electron chi connectivity index (χ0n) is 11.0. The third-order valence-corrected chi connectivity index (χ3v) is 3.53. The monoisotopic (exact) mass is 284 g/mol. The van der Waals surface area contributed by atoms with Crippen LogP contribution in [0.25, 0.3) is 0 Å². The van der Waals surface area contributed by atoms with Crippen LogP contribution in [0.3, 0.4) is 0 Å².